The number of hydrogen-bond donors (Lipinski definition) is 0. The summed E-state index contributed by atoms with van der Waals surface area (Å²) in [5, 5.41) is 3.24. The van der Waals surface area contributed by atoms with Crippen LogP contribution in [0.4, 0.5) is 0 Å². The largest absolute Gasteiger partial charge is 0.493 e. The summed E-state index contributed by atoms with van der Waals surface area (Å²) in [5.74, 6) is 2.13. The van der Waals surface area contributed by atoms with Crippen LogP contribution in [0.25, 0.3) is 54.7 Å². The van der Waals surface area contributed by atoms with Gasteiger partial charge < -0.3 is 18.6 Å². The maximum Gasteiger partial charge on any atom is 0.197 e. The first-order chi connectivity index (χ1) is 39.6. The van der Waals surface area contributed by atoms with E-state index in [4.69, 9.17) is 9.47 Å². The molecule has 1 aliphatic rings. The zero-order chi connectivity index (χ0) is 56.6. The average molecular weight is 1090 g/mol. The first kappa shape index (κ1) is 59.5. The molecule has 0 saturated carbocycles. The second-order valence-electron chi connectivity index (χ2n) is 24.4. The number of rotatable bonds is 34. The molecule has 8 aromatic rings. The summed E-state index contributed by atoms with van der Waals surface area (Å²) < 4.78 is 17.9. The van der Waals surface area contributed by atoms with Crippen LogP contribution in [0.3, 0.4) is 0 Å². The van der Waals surface area contributed by atoms with E-state index in [-0.39, 0.29) is 16.3 Å². The number of aromatic nitrogens is 2. The Morgan fingerprint density at radius 1 is 0.383 bits per heavy atom. The van der Waals surface area contributed by atoms with Gasteiger partial charge in [-0.25, -0.2) is 0 Å². The Morgan fingerprint density at radius 3 is 1.16 bits per heavy atom. The topological polar surface area (TPSA) is 62.5 Å². The number of aryl methyl sites for hydroxylation is 6. The zero-order valence-electron chi connectivity index (χ0n) is 50.6. The SMILES string of the molecule is CCCCCCCCC1(CCCCCCCC)c2cc(OCCCCCCCCc3ccc4c(c3)c(=O)c3ccccc3n4C)c(C)cc2-c2cc(C)c(OCCCCCCCCc3ccc4c(c3)c(=O)c3ccccc3n4C)cc21. The maximum absolute atomic E-state index is 13.4. The van der Waals surface area contributed by atoms with Crippen molar-refractivity contribution in [2.24, 2.45) is 14.1 Å². The molecule has 6 nitrogen and oxygen atoms in total. The van der Waals surface area contributed by atoms with E-state index in [1.807, 2.05) is 48.5 Å². The minimum Gasteiger partial charge on any atom is -0.493 e. The molecule has 0 spiro atoms. The molecule has 81 heavy (non-hydrogen) atoms. The van der Waals surface area contributed by atoms with E-state index in [1.165, 1.54) is 186 Å². The van der Waals surface area contributed by atoms with E-state index in [0.717, 1.165) is 107 Å². The third-order valence-corrected chi connectivity index (χ3v) is 18.5. The van der Waals surface area contributed by atoms with Gasteiger partial charge in [-0.3, -0.25) is 9.59 Å². The molecule has 0 fully saturated rings. The molecular formula is C75H96N2O4. The molecular weight excluding hydrogens is 993 g/mol. The van der Waals surface area contributed by atoms with Gasteiger partial charge in [-0.05, 0) is 183 Å². The van der Waals surface area contributed by atoms with Gasteiger partial charge in [-0.1, -0.05) is 179 Å². The Hall–Kier alpha value is -6.14. The number of para-hydroxylation sites is 2. The Balaban J connectivity index is 0.792. The van der Waals surface area contributed by atoms with Crippen molar-refractivity contribution in [1.82, 2.24) is 9.13 Å². The molecule has 0 saturated heterocycles. The highest BCUT2D eigenvalue weighted by Crippen LogP contribution is 2.57. The van der Waals surface area contributed by atoms with Crippen molar-refractivity contribution < 1.29 is 9.47 Å². The second kappa shape index (κ2) is 29.2. The first-order valence-corrected chi connectivity index (χ1v) is 32.2. The number of fused-ring (bicyclic) bond motifs is 7. The first-order valence-electron chi connectivity index (χ1n) is 32.2. The minimum atomic E-state index is -0.0510. The summed E-state index contributed by atoms with van der Waals surface area (Å²) in [5.41, 5.74) is 15.0. The molecule has 0 atom stereocenters. The lowest BCUT2D eigenvalue weighted by Gasteiger charge is -2.33. The number of benzene rings is 6. The number of ether oxygens (including phenoxy) is 2. The van der Waals surface area contributed by atoms with Crippen LogP contribution < -0.4 is 20.3 Å². The standard InChI is InChI=1S/C75H96N2O4/c1-7-9-11-13-21-31-45-75(46-32-22-14-12-10-8-2)65-53-71(80-47-33-23-17-15-19-25-35-57-41-43-69-63(51-57)73(78)59-37-27-29-39-67(59)76(69)5)55(3)49-61(65)62-50-56(4)72(54-66(62)75)81-48-34-24-18-16-20-26-36-58-42-44-70-64(52-58)74(79)60-38-28-30-40-68(60)77(70)6/h27-30,37-44,49-54H,7-26,31-36,45-48H2,1-6H3. The molecule has 0 N–H and O–H groups in total. The molecule has 0 radical (unpaired) electrons. The van der Waals surface area contributed by atoms with Crippen LogP contribution in [0.1, 0.15) is 214 Å². The van der Waals surface area contributed by atoms with Crippen molar-refractivity contribution in [2.75, 3.05) is 13.2 Å². The summed E-state index contributed by atoms with van der Waals surface area (Å²) >= 11 is 0. The van der Waals surface area contributed by atoms with Crippen LogP contribution >= 0.6 is 0 Å². The van der Waals surface area contributed by atoms with E-state index in [1.54, 1.807) is 0 Å². The molecule has 6 heteroatoms. The molecule has 2 aromatic heterocycles. The van der Waals surface area contributed by atoms with Crippen LogP contribution in [-0.2, 0) is 32.4 Å². The zero-order valence-corrected chi connectivity index (χ0v) is 50.6. The van der Waals surface area contributed by atoms with Gasteiger partial charge in [0.05, 0.1) is 35.3 Å². The lowest BCUT2D eigenvalue weighted by Crippen LogP contribution is -2.26. The van der Waals surface area contributed by atoms with Gasteiger partial charge in [0.15, 0.2) is 10.9 Å². The molecule has 0 amide bonds. The van der Waals surface area contributed by atoms with E-state index < -0.39 is 0 Å². The third-order valence-electron chi connectivity index (χ3n) is 18.5. The van der Waals surface area contributed by atoms with Gasteiger partial charge >= 0.3 is 0 Å². The summed E-state index contributed by atoms with van der Waals surface area (Å²) in [6.45, 7) is 10.6. The fourth-order valence-electron chi connectivity index (χ4n) is 13.7. The fraction of sp³-hybridized carbons (Fsp3) is 0.493. The summed E-state index contributed by atoms with van der Waals surface area (Å²) in [7, 11) is 4.12. The van der Waals surface area contributed by atoms with E-state index in [9.17, 15) is 9.59 Å². The lowest BCUT2D eigenvalue weighted by molar-refractivity contribution is 0.300. The highest BCUT2D eigenvalue weighted by Gasteiger charge is 2.43. The third kappa shape index (κ3) is 14.2. The minimum absolute atomic E-state index is 0.0510. The van der Waals surface area contributed by atoms with Gasteiger partial charge in [0.2, 0.25) is 0 Å². The Kier molecular flexibility index (Phi) is 21.4. The van der Waals surface area contributed by atoms with Crippen LogP contribution in [-0.4, -0.2) is 22.3 Å². The number of pyridine rings is 2. The Morgan fingerprint density at radius 2 is 0.741 bits per heavy atom. The van der Waals surface area contributed by atoms with Crippen LogP contribution in [0.2, 0.25) is 0 Å². The number of nitrogens with zero attached hydrogens (tertiary/aromatic N) is 2. The highest BCUT2D eigenvalue weighted by atomic mass is 16.5. The van der Waals surface area contributed by atoms with Crippen LogP contribution in [0, 0.1) is 13.8 Å². The lowest BCUT2D eigenvalue weighted by atomic mass is 9.70. The maximum atomic E-state index is 13.4. The molecule has 0 aliphatic heterocycles. The van der Waals surface area contributed by atoms with Crippen molar-refractivity contribution >= 4 is 43.6 Å². The van der Waals surface area contributed by atoms with Crippen molar-refractivity contribution in [3.8, 4) is 22.6 Å². The monoisotopic (exact) mass is 1090 g/mol. The summed E-state index contributed by atoms with van der Waals surface area (Å²) in [6.07, 6.45) is 34.0. The molecule has 6 aromatic carbocycles. The number of hydrogen-bond acceptors (Lipinski definition) is 4. The van der Waals surface area contributed by atoms with E-state index >= 15 is 0 Å². The molecule has 0 unspecified atom stereocenters. The highest BCUT2D eigenvalue weighted by molar-refractivity contribution is 5.95. The van der Waals surface area contributed by atoms with Gasteiger partial charge in [-0.2, -0.15) is 0 Å². The van der Waals surface area contributed by atoms with Gasteiger partial charge in [0.25, 0.3) is 0 Å². The Labute approximate surface area is 485 Å². The normalized spacial score (nSPS) is 12.8. The van der Waals surface area contributed by atoms with Crippen LogP contribution in [0.5, 0.6) is 11.5 Å². The average Bonchev–Trinajstić information content (AvgIpc) is 3.95. The smallest absolute Gasteiger partial charge is 0.197 e. The van der Waals surface area contributed by atoms with E-state index in [2.05, 4.69) is 112 Å². The van der Waals surface area contributed by atoms with Crippen molar-refractivity contribution in [1.29, 1.82) is 0 Å². The predicted octanol–water partition coefficient (Wildman–Crippen LogP) is 20.0. The van der Waals surface area contributed by atoms with Gasteiger partial charge in [0, 0.05) is 41.1 Å². The summed E-state index contributed by atoms with van der Waals surface area (Å²) in [4.78, 5) is 26.8. The fourth-order valence-corrected chi connectivity index (χ4v) is 13.7. The predicted molar refractivity (Wildman–Crippen MR) is 345 cm³/mol. The molecule has 9 rings (SSSR count). The molecule has 0 bridgehead atoms. The molecule has 1 aliphatic carbocycles. The Bertz CT molecular complexity index is 3260. The van der Waals surface area contributed by atoms with Crippen molar-refractivity contribution in [3.63, 3.8) is 0 Å². The van der Waals surface area contributed by atoms with Crippen molar-refractivity contribution in [2.45, 2.75) is 213 Å². The quantitative estimate of drug-likeness (QED) is 0.0298. The van der Waals surface area contributed by atoms with Gasteiger partial charge in [-0.15, -0.1) is 0 Å². The van der Waals surface area contributed by atoms with E-state index in [0.29, 0.717) is 0 Å². The molecule has 430 valence electrons. The van der Waals surface area contributed by atoms with Crippen LogP contribution in [0.15, 0.2) is 119 Å². The summed E-state index contributed by atoms with van der Waals surface area (Å²) in [6, 6.07) is 38.8. The second-order valence-corrected chi connectivity index (χ2v) is 24.4. The number of unbranched alkanes of at least 4 members (excludes halogenated alkanes) is 20. The molecule has 2 heterocycles. The van der Waals surface area contributed by atoms with Gasteiger partial charge in [0.1, 0.15) is 11.5 Å². The van der Waals surface area contributed by atoms with Crippen molar-refractivity contribution in [3.05, 3.63) is 163 Å².